The van der Waals surface area contributed by atoms with Crippen LogP contribution in [0, 0.1) is 0 Å². The van der Waals surface area contributed by atoms with Gasteiger partial charge in [0, 0.05) is 33.7 Å². The van der Waals surface area contributed by atoms with Crippen molar-refractivity contribution in [3.63, 3.8) is 0 Å². The lowest BCUT2D eigenvalue weighted by atomic mass is 10.1. The Morgan fingerprint density at radius 2 is 2.17 bits per heavy atom. The Morgan fingerprint density at radius 1 is 1.33 bits per heavy atom. The fourth-order valence-electron chi connectivity index (χ4n) is 1.67. The highest BCUT2D eigenvalue weighted by atomic mass is 35.5. The molecule has 2 rings (SSSR count). The lowest BCUT2D eigenvalue weighted by molar-refractivity contribution is 0.113. The third-order valence-corrected chi connectivity index (χ3v) is 4.06. The fourth-order valence-corrected chi connectivity index (χ4v) is 2.96. The number of aliphatic hydroxyl groups excluding tert-OH is 2. The van der Waals surface area contributed by atoms with Gasteiger partial charge in [0.1, 0.15) is 0 Å². The maximum atomic E-state index is 9.30. The molecule has 18 heavy (non-hydrogen) atoms. The molecule has 1 heterocycles. The topological polar surface area (TPSA) is 53.4 Å². The van der Waals surface area contributed by atoms with E-state index in [0.717, 1.165) is 16.5 Å². The SMILES string of the molecule is OCC(O)CSCc1c(Cl)ccc2cccnc12. The smallest absolute Gasteiger partial charge is 0.0861 e. The van der Waals surface area contributed by atoms with Crippen LogP contribution in [0.1, 0.15) is 5.56 Å². The molecule has 5 heteroatoms. The van der Waals surface area contributed by atoms with E-state index in [2.05, 4.69) is 4.98 Å². The number of aliphatic hydroxyl groups is 2. The van der Waals surface area contributed by atoms with E-state index in [0.29, 0.717) is 16.5 Å². The van der Waals surface area contributed by atoms with Crippen molar-refractivity contribution in [2.75, 3.05) is 12.4 Å². The number of thioether (sulfide) groups is 1. The van der Waals surface area contributed by atoms with Gasteiger partial charge in [-0.15, -0.1) is 0 Å². The molecule has 0 amide bonds. The molecule has 1 unspecified atom stereocenters. The second kappa shape index (κ2) is 6.38. The van der Waals surface area contributed by atoms with Gasteiger partial charge in [-0.2, -0.15) is 11.8 Å². The van der Waals surface area contributed by atoms with Gasteiger partial charge >= 0.3 is 0 Å². The molecule has 0 saturated heterocycles. The van der Waals surface area contributed by atoms with E-state index in [9.17, 15) is 5.11 Å². The van der Waals surface area contributed by atoms with Crippen molar-refractivity contribution in [1.29, 1.82) is 0 Å². The summed E-state index contributed by atoms with van der Waals surface area (Å²) in [6.45, 7) is -0.214. The summed E-state index contributed by atoms with van der Waals surface area (Å²) < 4.78 is 0. The van der Waals surface area contributed by atoms with Gasteiger partial charge in [0.05, 0.1) is 18.2 Å². The van der Waals surface area contributed by atoms with Crippen LogP contribution in [0.4, 0.5) is 0 Å². The first-order chi connectivity index (χ1) is 8.72. The van der Waals surface area contributed by atoms with E-state index >= 15 is 0 Å². The monoisotopic (exact) mass is 283 g/mol. The van der Waals surface area contributed by atoms with Crippen LogP contribution in [0.2, 0.25) is 5.02 Å². The minimum atomic E-state index is -0.684. The van der Waals surface area contributed by atoms with Gasteiger partial charge in [0.15, 0.2) is 0 Å². The zero-order valence-electron chi connectivity index (χ0n) is 9.71. The quantitative estimate of drug-likeness (QED) is 0.885. The predicted octanol–water partition coefficient (Wildman–Crippen LogP) is 2.47. The molecule has 1 aromatic heterocycles. The Morgan fingerprint density at radius 3 is 2.94 bits per heavy atom. The van der Waals surface area contributed by atoms with Gasteiger partial charge in [0.25, 0.3) is 0 Å². The molecule has 0 aliphatic carbocycles. The fraction of sp³-hybridized carbons (Fsp3) is 0.308. The molecule has 1 aromatic carbocycles. The van der Waals surface area contributed by atoms with E-state index in [1.165, 1.54) is 11.8 Å². The van der Waals surface area contributed by atoms with Crippen LogP contribution >= 0.6 is 23.4 Å². The van der Waals surface area contributed by atoms with E-state index < -0.39 is 6.10 Å². The Hall–Kier alpha value is -0.810. The van der Waals surface area contributed by atoms with Crippen LogP contribution in [0.15, 0.2) is 30.5 Å². The third kappa shape index (κ3) is 3.14. The number of rotatable bonds is 5. The summed E-state index contributed by atoms with van der Waals surface area (Å²) in [6.07, 6.45) is 1.06. The Labute approximate surface area is 115 Å². The molecule has 1 atom stereocenters. The molecule has 2 N–H and O–H groups in total. The van der Waals surface area contributed by atoms with E-state index in [4.69, 9.17) is 16.7 Å². The molecule has 0 saturated carbocycles. The van der Waals surface area contributed by atoms with Crippen LogP contribution in [-0.2, 0) is 5.75 Å². The highest BCUT2D eigenvalue weighted by Gasteiger charge is 2.09. The number of pyridine rings is 1. The summed E-state index contributed by atoms with van der Waals surface area (Å²) in [5, 5.41) is 19.8. The molecular formula is C13H14ClNO2S. The van der Waals surface area contributed by atoms with Gasteiger partial charge in [0.2, 0.25) is 0 Å². The van der Waals surface area contributed by atoms with E-state index in [-0.39, 0.29) is 6.61 Å². The lowest BCUT2D eigenvalue weighted by Crippen LogP contribution is -2.14. The first-order valence-corrected chi connectivity index (χ1v) is 7.14. The normalized spacial score (nSPS) is 12.8. The van der Waals surface area contributed by atoms with Crippen LogP contribution in [-0.4, -0.2) is 33.7 Å². The van der Waals surface area contributed by atoms with Crippen molar-refractivity contribution in [2.45, 2.75) is 11.9 Å². The number of aromatic nitrogens is 1. The number of nitrogens with zero attached hydrogens (tertiary/aromatic N) is 1. The highest BCUT2D eigenvalue weighted by Crippen LogP contribution is 2.28. The molecule has 0 aliphatic rings. The molecule has 96 valence electrons. The molecule has 0 fully saturated rings. The molecule has 0 aliphatic heterocycles. The van der Waals surface area contributed by atoms with Gasteiger partial charge < -0.3 is 10.2 Å². The molecule has 0 spiro atoms. The van der Waals surface area contributed by atoms with Gasteiger partial charge in [-0.05, 0) is 12.1 Å². The summed E-state index contributed by atoms with van der Waals surface area (Å²) in [4.78, 5) is 4.35. The maximum absolute atomic E-state index is 9.30. The number of halogens is 1. The summed E-state index contributed by atoms with van der Waals surface area (Å²) in [6, 6.07) is 7.70. The summed E-state index contributed by atoms with van der Waals surface area (Å²) in [5.74, 6) is 1.15. The van der Waals surface area contributed by atoms with Gasteiger partial charge in [-0.25, -0.2) is 0 Å². The summed E-state index contributed by atoms with van der Waals surface area (Å²) in [7, 11) is 0. The first-order valence-electron chi connectivity index (χ1n) is 5.61. The second-order valence-corrected chi connectivity index (χ2v) is 5.39. The second-order valence-electron chi connectivity index (χ2n) is 3.95. The Balaban J connectivity index is 2.18. The zero-order valence-corrected chi connectivity index (χ0v) is 11.3. The van der Waals surface area contributed by atoms with Crippen LogP contribution in [0.3, 0.4) is 0 Å². The van der Waals surface area contributed by atoms with E-state index in [1.54, 1.807) is 6.20 Å². The lowest BCUT2D eigenvalue weighted by Gasteiger charge is -2.09. The van der Waals surface area contributed by atoms with Crippen LogP contribution < -0.4 is 0 Å². The first kappa shape index (κ1) is 13.6. The Kier molecular flexibility index (Phi) is 4.83. The summed E-state index contributed by atoms with van der Waals surface area (Å²) in [5.41, 5.74) is 1.88. The summed E-state index contributed by atoms with van der Waals surface area (Å²) >= 11 is 7.72. The predicted molar refractivity (Wildman–Crippen MR) is 76.0 cm³/mol. The molecule has 0 bridgehead atoms. The van der Waals surface area contributed by atoms with Crippen molar-refractivity contribution in [1.82, 2.24) is 4.98 Å². The van der Waals surface area contributed by atoms with Crippen molar-refractivity contribution in [3.8, 4) is 0 Å². The minimum Gasteiger partial charge on any atom is -0.394 e. The molecule has 3 nitrogen and oxygen atoms in total. The van der Waals surface area contributed by atoms with Crippen molar-refractivity contribution < 1.29 is 10.2 Å². The van der Waals surface area contributed by atoms with Crippen molar-refractivity contribution in [2.24, 2.45) is 0 Å². The van der Waals surface area contributed by atoms with Gasteiger partial charge in [-0.1, -0.05) is 23.7 Å². The molecule has 0 radical (unpaired) electrons. The largest absolute Gasteiger partial charge is 0.394 e. The van der Waals surface area contributed by atoms with Crippen molar-refractivity contribution >= 4 is 34.3 Å². The van der Waals surface area contributed by atoms with E-state index in [1.807, 2.05) is 24.3 Å². The third-order valence-electron chi connectivity index (χ3n) is 2.59. The van der Waals surface area contributed by atoms with Gasteiger partial charge in [-0.3, -0.25) is 4.98 Å². The minimum absolute atomic E-state index is 0.214. The molecule has 2 aromatic rings. The average Bonchev–Trinajstić information content (AvgIpc) is 2.41. The van der Waals surface area contributed by atoms with Crippen molar-refractivity contribution in [3.05, 3.63) is 41.0 Å². The zero-order chi connectivity index (χ0) is 13.0. The highest BCUT2D eigenvalue weighted by molar-refractivity contribution is 7.98. The maximum Gasteiger partial charge on any atom is 0.0861 e. The number of hydrogen-bond acceptors (Lipinski definition) is 4. The average molecular weight is 284 g/mol. The Bertz CT molecular complexity index is 535. The number of fused-ring (bicyclic) bond motifs is 1. The molecular weight excluding hydrogens is 270 g/mol. The number of hydrogen-bond donors (Lipinski definition) is 2. The van der Waals surface area contributed by atoms with Crippen LogP contribution in [0.5, 0.6) is 0 Å². The standard InChI is InChI=1S/C13H14ClNO2S/c14-12-4-3-9-2-1-5-15-13(9)11(12)8-18-7-10(17)6-16/h1-5,10,16-17H,6-8H2. The van der Waals surface area contributed by atoms with Crippen LogP contribution in [0.25, 0.3) is 10.9 Å². The number of benzene rings is 1.